The molecule has 8 heteroatoms. The van der Waals surface area contributed by atoms with Crippen LogP contribution in [0.25, 0.3) is 11.1 Å². The van der Waals surface area contributed by atoms with Crippen LogP contribution in [-0.4, -0.2) is 52.8 Å². The monoisotopic (exact) mass is 512 g/mol. The van der Waals surface area contributed by atoms with E-state index in [4.69, 9.17) is 11.1 Å². The van der Waals surface area contributed by atoms with Gasteiger partial charge < -0.3 is 21.1 Å². The first-order valence-electron chi connectivity index (χ1n) is 12.7. The fourth-order valence-corrected chi connectivity index (χ4v) is 4.93. The molecule has 196 valence electrons. The SMILES string of the molecule is N=C(N)c1cccc(-c2ccc(C(=O)NC[C@@H]3C[C@@H](CC(=O)O)C(=O)N3CCCc3ccccc3)cc2)c1. The van der Waals surface area contributed by atoms with E-state index in [0.29, 0.717) is 24.1 Å². The van der Waals surface area contributed by atoms with Crippen molar-refractivity contribution >= 4 is 23.6 Å². The summed E-state index contributed by atoms with van der Waals surface area (Å²) < 4.78 is 0. The van der Waals surface area contributed by atoms with Crippen LogP contribution in [0.4, 0.5) is 0 Å². The second-order valence-electron chi connectivity index (χ2n) is 9.59. The van der Waals surface area contributed by atoms with Crippen LogP contribution in [0.2, 0.25) is 0 Å². The normalized spacial score (nSPS) is 16.8. The fraction of sp³-hybridized carbons (Fsp3) is 0.267. The van der Waals surface area contributed by atoms with Crippen LogP contribution >= 0.6 is 0 Å². The third-order valence-electron chi connectivity index (χ3n) is 6.91. The van der Waals surface area contributed by atoms with Crippen molar-refractivity contribution in [3.8, 4) is 11.1 Å². The molecule has 1 fully saturated rings. The van der Waals surface area contributed by atoms with Crippen LogP contribution in [0.5, 0.6) is 0 Å². The second kappa shape index (κ2) is 12.2. The predicted octanol–water partition coefficient (Wildman–Crippen LogP) is 3.69. The van der Waals surface area contributed by atoms with E-state index >= 15 is 0 Å². The van der Waals surface area contributed by atoms with Gasteiger partial charge >= 0.3 is 5.97 Å². The van der Waals surface area contributed by atoms with E-state index in [2.05, 4.69) is 5.32 Å². The first kappa shape index (κ1) is 26.6. The number of amidine groups is 1. The first-order valence-corrected chi connectivity index (χ1v) is 12.7. The van der Waals surface area contributed by atoms with Gasteiger partial charge in [-0.05, 0) is 54.2 Å². The van der Waals surface area contributed by atoms with Gasteiger partial charge in [-0.25, -0.2) is 0 Å². The lowest BCUT2D eigenvalue weighted by Crippen LogP contribution is -2.42. The average Bonchev–Trinajstić information content (AvgIpc) is 3.21. The maximum Gasteiger partial charge on any atom is 0.304 e. The molecule has 2 amide bonds. The molecule has 8 nitrogen and oxygen atoms in total. The summed E-state index contributed by atoms with van der Waals surface area (Å²) in [5, 5.41) is 19.8. The minimum Gasteiger partial charge on any atom is -0.481 e. The van der Waals surface area contributed by atoms with Crippen molar-refractivity contribution in [2.24, 2.45) is 11.7 Å². The van der Waals surface area contributed by atoms with E-state index in [0.717, 1.165) is 24.0 Å². The summed E-state index contributed by atoms with van der Waals surface area (Å²) in [5.74, 6) is -1.99. The molecule has 3 aromatic rings. The Kier molecular flexibility index (Phi) is 8.53. The second-order valence-corrected chi connectivity index (χ2v) is 9.59. The van der Waals surface area contributed by atoms with Gasteiger partial charge in [0.05, 0.1) is 12.3 Å². The predicted molar refractivity (Wildman–Crippen MR) is 146 cm³/mol. The summed E-state index contributed by atoms with van der Waals surface area (Å²) >= 11 is 0. The van der Waals surface area contributed by atoms with Gasteiger partial charge in [-0.2, -0.15) is 0 Å². The average molecular weight is 513 g/mol. The van der Waals surface area contributed by atoms with E-state index in [9.17, 15) is 19.5 Å². The van der Waals surface area contributed by atoms with Gasteiger partial charge in [-0.3, -0.25) is 19.8 Å². The molecular formula is C30H32N4O4. The third kappa shape index (κ3) is 6.64. The number of hydrogen-bond acceptors (Lipinski definition) is 4. The van der Waals surface area contributed by atoms with Crippen molar-refractivity contribution in [1.29, 1.82) is 5.41 Å². The first-order chi connectivity index (χ1) is 18.3. The molecule has 1 aliphatic heterocycles. The number of hydrogen-bond donors (Lipinski definition) is 4. The van der Waals surface area contributed by atoms with Crippen LogP contribution in [0, 0.1) is 11.3 Å². The number of carbonyl (C=O) groups excluding carboxylic acids is 2. The number of likely N-dealkylation sites (tertiary alicyclic amines) is 1. The molecule has 1 saturated heterocycles. The highest BCUT2D eigenvalue weighted by Crippen LogP contribution is 2.28. The van der Waals surface area contributed by atoms with Crippen LogP contribution < -0.4 is 11.1 Å². The number of rotatable bonds is 11. The highest BCUT2D eigenvalue weighted by molar-refractivity contribution is 5.97. The lowest BCUT2D eigenvalue weighted by molar-refractivity contribution is -0.142. The maximum absolute atomic E-state index is 13.0. The van der Waals surface area contributed by atoms with Crippen molar-refractivity contribution < 1.29 is 19.5 Å². The molecule has 0 radical (unpaired) electrons. The zero-order chi connectivity index (χ0) is 27.1. The fourth-order valence-electron chi connectivity index (χ4n) is 4.93. The van der Waals surface area contributed by atoms with Gasteiger partial charge in [-0.1, -0.05) is 60.7 Å². The zero-order valence-corrected chi connectivity index (χ0v) is 21.1. The molecule has 0 aromatic heterocycles. The molecular weight excluding hydrogens is 480 g/mol. The van der Waals surface area contributed by atoms with E-state index in [1.165, 1.54) is 5.56 Å². The molecule has 5 N–H and O–H groups in total. The molecule has 0 bridgehead atoms. The van der Waals surface area contributed by atoms with Gasteiger partial charge in [-0.15, -0.1) is 0 Å². The highest BCUT2D eigenvalue weighted by atomic mass is 16.4. The minimum absolute atomic E-state index is 0.00653. The molecule has 2 atom stereocenters. The van der Waals surface area contributed by atoms with Crippen molar-refractivity contribution in [2.45, 2.75) is 31.7 Å². The lowest BCUT2D eigenvalue weighted by Gasteiger charge is -2.25. The molecule has 0 unspecified atom stereocenters. The number of nitrogen functional groups attached to an aromatic ring is 1. The van der Waals surface area contributed by atoms with E-state index in [1.54, 1.807) is 23.1 Å². The van der Waals surface area contributed by atoms with Gasteiger partial charge in [0.1, 0.15) is 5.84 Å². The number of carbonyl (C=O) groups is 3. The van der Waals surface area contributed by atoms with Crippen molar-refractivity contribution in [2.75, 3.05) is 13.1 Å². The van der Waals surface area contributed by atoms with Crippen LogP contribution in [0.1, 0.15) is 40.7 Å². The van der Waals surface area contributed by atoms with E-state index in [-0.39, 0.29) is 36.7 Å². The van der Waals surface area contributed by atoms with E-state index in [1.807, 2.05) is 60.7 Å². The number of nitrogens with zero attached hydrogens (tertiary/aromatic N) is 1. The Hall–Kier alpha value is -4.46. The van der Waals surface area contributed by atoms with Gasteiger partial charge in [0.15, 0.2) is 0 Å². The van der Waals surface area contributed by atoms with Gasteiger partial charge in [0.2, 0.25) is 5.91 Å². The Labute approximate surface area is 222 Å². The van der Waals surface area contributed by atoms with Gasteiger partial charge in [0, 0.05) is 30.3 Å². The number of carboxylic acid groups (broad SMARTS) is 1. The highest BCUT2D eigenvalue weighted by Gasteiger charge is 2.40. The Morgan fingerprint density at radius 1 is 0.974 bits per heavy atom. The van der Waals surface area contributed by atoms with Gasteiger partial charge in [0.25, 0.3) is 5.91 Å². The Morgan fingerprint density at radius 3 is 2.39 bits per heavy atom. The molecule has 1 heterocycles. The van der Waals surface area contributed by atoms with E-state index < -0.39 is 11.9 Å². The minimum atomic E-state index is -0.994. The number of amides is 2. The Bertz CT molecular complexity index is 1310. The number of aryl methyl sites for hydroxylation is 1. The Morgan fingerprint density at radius 2 is 1.71 bits per heavy atom. The standard InChI is InChI=1S/C30H32N4O4/c31-28(32)24-10-4-9-23(16-24)21-11-13-22(14-12-21)29(37)33-19-26-17-25(18-27(35)36)30(38)34(26)15-5-8-20-6-2-1-3-7-20/h1-4,6-7,9-14,16,25-26H,5,8,15,17-19H2,(H3,31,32)(H,33,37)(H,35,36)/t25-,26-/m0/s1. The number of nitrogens with one attached hydrogen (secondary N) is 2. The molecule has 4 rings (SSSR count). The molecule has 38 heavy (non-hydrogen) atoms. The number of aliphatic carboxylic acids is 1. The summed E-state index contributed by atoms with van der Waals surface area (Å²) in [6.07, 6.45) is 1.77. The summed E-state index contributed by atoms with van der Waals surface area (Å²) in [6, 6.07) is 24.2. The van der Waals surface area contributed by atoms with Crippen molar-refractivity contribution in [1.82, 2.24) is 10.2 Å². The molecule has 1 aliphatic rings. The summed E-state index contributed by atoms with van der Waals surface area (Å²) in [5.41, 5.74) is 9.68. The lowest BCUT2D eigenvalue weighted by atomic mass is 10.0. The zero-order valence-electron chi connectivity index (χ0n) is 21.1. The molecule has 0 saturated carbocycles. The topological polar surface area (TPSA) is 137 Å². The van der Waals surface area contributed by atoms with Crippen molar-refractivity contribution in [3.05, 3.63) is 95.6 Å². The maximum atomic E-state index is 13.0. The summed E-state index contributed by atoms with van der Waals surface area (Å²) in [7, 11) is 0. The molecule has 0 aliphatic carbocycles. The smallest absolute Gasteiger partial charge is 0.304 e. The molecule has 3 aromatic carbocycles. The quantitative estimate of drug-likeness (QED) is 0.229. The van der Waals surface area contributed by atoms with Crippen molar-refractivity contribution in [3.63, 3.8) is 0 Å². The third-order valence-corrected chi connectivity index (χ3v) is 6.91. The van der Waals surface area contributed by atoms with Crippen LogP contribution in [0.15, 0.2) is 78.9 Å². The largest absolute Gasteiger partial charge is 0.481 e. The summed E-state index contributed by atoms with van der Waals surface area (Å²) in [6.45, 7) is 0.771. The molecule has 0 spiro atoms. The van der Waals surface area contributed by atoms with Crippen LogP contribution in [0.3, 0.4) is 0 Å². The van der Waals surface area contributed by atoms with Crippen LogP contribution in [-0.2, 0) is 16.0 Å². The number of nitrogens with two attached hydrogens (primary N) is 1. The Balaban J connectivity index is 1.38. The summed E-state index contributed by atoms with van der Waals surface area (Å²) in [4.78, 5) is 38.9. The number of carboxylic acids is 1. The number of benzene rings is 3.